The lowest BCUT2D eigenvalue weighted by atomic mass is 10.0. The predicted octanol–water partition coefficient (Wildman–Crippen LogP) is 3.63. The van der Waals surface area contributed by atoms with E-state index in [0.717, 1.165) is 12.0 Å². The standard InChI is InChI=1S/C16H20ClN3O2/c1-4-16(2,3)19-13(21)9-10-14-18-15(20-22-14)11-5-7-12(17)8-6-11/h5-8H,4,9-10H2,1-3H3,(H,19,21). The van der Waals surface area contributed by atoms with Crippen LogP contribution in [-0.4, -0.2) is 21.6 Å². The van der Waals surface area contributed by atoms with Gasteiger partial charge >= 0.3 is 0 Å². The van der Waals surface area contributed by atoms with Crippen LogP contribution in [-0.2, 0) is 11.2 Å². The van der Waals surface area contributed by atoms with Crippen LogP contribution in [0, 0.1) is 0 Å². The molecule has 5 nitrogen and oxygen atoms in total. The molecule has 118 valence electrons. The number of nitrogens with zero attached hydrogens (tertiary/aromatic N) is 2. The third-order valence-corrected chi connectivity index (χ3v) is 3.75. The van der Waals surface area contributed by atoms with Gasteiger partial charge in [-0.3, -0.25) is 4.79 Å². The summed E-state index contributed by atoms with van der Waals surface area (Å²) in [6.45, 7) is 6.03. The average molecular weight is 322 g/mol. The van der Waals surface area contributed by atoms with Crippen LogP contribution in [0.4, 0.5) is 0 Å². The van der Waals surface area contributed by atoms with E-state index in [1.165, 1.54) is 0 Å². The number of hydrogen-bond acceptors (Lipinski definition) is 4. The summed E-state index contributed by atoms with van der Waals surface area (Å²) in [7, 11) is 0. The zero-order chi connectivity index (χ0) is 16.2. The topological polar surface area (TPSA) is 68.0 Å². The van der Waals surface area contributed by atoms with Crippen molar-refractivity contribution < 1.29 is 9.32 Å². The first-order valence-corrected chi connectivity index (χ1v) is 7.67. The lowest BCUT2D eigenvalue weighted by molar-refractivity contribution is -0.122. The molecule has 0 aliphatic heterocycles. The Balaban J connectivity index is 1.92. The molecule has 0 radical (unpaired) electrons. The van der Waals surface area contributed by atoms with Crippen LogP contribution in [0.15, 0.2) is 28.8 Å². The molecule has 0 aliphatic carbocycles. The highest BCUT2D eigenvalue weighted by molar-refractivity contribution is 6.30. The summed E-state index contributed by atoms with van der Waals surface area (Å²) >= 11 is 5.84. The zero-order valence-electron chi connectivity index (χ0n) is 13.0. The van der Waals surface area contributed by atoms with Gasteiger partial charge in [0.15, 0.2) is 0 Å². The van der Waals surface area contributed by atoms with Crippen molar-refractivity contribution in [2.24, 2.45) is 0 Å². The minimum atomic E-state index is -0.194. The summed E-state index contributed by atoms with van der Waals surface area (Å²) in [6.07, 6.45) is 1.62. The second kappa shape index (κ2) is 6.92. The van der Waals surface area contributed by atoms with Gasteiger partial charge in [0.2, 0.25) is 17.6 Å². The Morgan fingerprint density at radius 1 is 1.32 bits per heavy atom. The number of amides is 1. The highest BCUT2D eigenvalue weighted by atomic mass is 35.5. The van der Waals surface area contributed by atoms with Gasteiger partial charge in [-0.2, -0.15) is 4.98 Å². The van der Waals surface area contributed by atoms with E-state index in [1.807, 2.05) is 32.9 Å². The van der Waals surface area contributed by atoms with Crippen molar-refractivity contribution >= 4 is 17.5 Å². The molecule has 1 amide bonds. The molecule has 0 spiro atoms. The van der Waals surface area contributed by atoms with Crippen molar-refractivity contribution in [1.29, 1.82) is 0 Å². The van der Waals surface area contributed by atoms with Crippen molar-refractivity contribution in [3.8, 4) is 11.4 Å². The molecule has 0 bridgehead atoms. The van der Waals surface area contributed by atoms with Gasteiger partial charge in [-0.05, 0) is 44.5 Å². The second-order valence-corrected chi connectivity index (χ2v) is 6.24. The van der Waals surface area contributed by atoms with Crippen LogP contribution in [0.1, 0.15) is 39.5 Å². The molecule has 0 fully saturated rings. The largest absolute Gasteiger partial charge is 0.351 e. The van der Waals surface area contributed by atoms with Crippen LogP contribution in [0.5, 0.6) is 0 Å². The van der Waals surface area contributed by atoms with Gasteiger partial charge in [-0.15, -0.1) is 0 Å². The maximum absolute atomic E-state index is 11.9. The Labute approximate surface area is 135 Å². The maximum atomic E-state index is 11.9. The average Bonchev–Trinajstić information content (AvgIpc) is 2.94. The highest BCUT2D eigenvalue weighted by Crippen LogP contribution is 2.19. The molecule has 2 rings (SSSR count). The first-order chi connectivity index (χ1) is 10.4. The Hall–Kier alpha value is -1.88. The summed E-state index contributed by atoms with van der Waals surface area (Å²) in [5.74, 6) is 0.938. The summed E-state index contributed by atoms with van der Waals surface area (Å²) < 4.78 is 5.18. The van der Waals surface area contributed by atoms with Gasteiger partial charge in [0, 0.05) is 29.0 Å². The third-order valence-electron chi connectivity index (χ3n) is 3.50. The normalized spacial score (nSPS) is 11.5. The van der Waals surface area contributed by atoms with Gasteiger partial charge in [-0.25, -0.2) is 0 Å². The molecule has 22 heavy (non-hydrogen) atoms. The van der Waals surface area contributed by atoms with Crippen LogP contribution in [0.25, 0.3) is 11.4 Å². The molecule has 1 aromatic carbocycles. The Bertz CT molecular complexity index is 635. The van der Waals surface area contributed by atoms with Gasteiger partial charge in [0.05, 0.1) is 0 Å². The fourth-order valence-corrected chi connectivity index (χ4v) is 1.95. The van der Waals surface area contributed by atoms with Gasteiger partial charge in [0.25, 0.3) is 0 Å². The Morgan fingerprint density at radius 2 is 2.00 bits per heavy atom. The van der Waals surface area contributed by atoms with E-state index in [-0.39, 0.29) is 11.4 Å². The van der Waals surface area contributed by atoms with Gasteiger partial charge in [0.1, 0.15) is 0 Å². The van der Waals surface area contributed by atoms with Crippen LogP contribution in [0.3, 0.4) is 0 Å². The highest BCUT2D eigenvalue weighted by Gasteiger charge is 2.18. The van der Waals surface area contributed by atoms with E-state index in [0.29, 0.717) is 29.6 Å². The molecule has 6 heteroatoms. The second-order valence-electron chi connectivity index (χ2n) is 5.80. The van der Waals surface area contributed by atoms with E-state index in [4.69, 9.17) is 16.1 Å². The number of aromatic nitrogens is 2. The van der Waals surface area contributed by atoms with Crippen molar-refractivity contribution in [3.63, 3.8) is 0 Å². The molecular formula is C16H20ClN3O2. The number of carbonyl (C=O) groups is 1. The Morgan fingerprint density at radius 3 is 2.64 bits per heavy atom. The Kier molecular flexibility index (Phi) is 5.19. The van der Waals surface area contributed by atoms with Gasteiger partial charge < -0.3 is 9.84 Å². The molecule has 1 heterocycles. The molecular weight excluding hydrogens is 302 g/mol. The minimum Gasteiger partial charge on any atom is -0.351 e. The quantitative estimate of drug-likeness (QED) is 0.882. The lowest BCUT2D eigenvalue weighted by Gasteiger charge is -2.24. The van der Waals surface area contributed by atoms with E-state index in [9.17, 15) is 4.79 Å². The molecule has 1 N–H and O–H groups in total. The van der Waals surface area contributed by atoms with Crippen LogP contribution < -0.4 is 5.32 Å². The molecule has 0 unspecified atom stereocenters. The smallest absolute Gasteiger partial charge is 0.227 e. The summed E-state index contributed by atoms with van der Waals surface area (Å²) in [6, 6.07) is 7.20. The SMILES string of the molecule is CCC(C)(C)NC(=O)CCc1nc(-c2ccc(Cl)cc2)no1. The lowest BCUT2D eigenvalue weighted by Crippen LogP contribution is -2.42. The first kappa shape index (κ1) is 16.5. The van der Waals surface area contributed by atoms with Gasteiger partial charge in [-0.1, -0.05) is 23.7 Å². The summed E-state index contributed by atoms with van der Waals surface area (Å²) in [5.41, 5.74) is 0.636. The number of benzene rings is 1. The monoisotopic (exact) mass is 321 g/mol. The van der Waals surface area contributed by atoms with E-state index < -0.39 is 0 Å². The number of hydrogen-bond donors (Lipinski definition) is 1. The van der Waals surface area contributed by atoms with Crippen molar-refractivity contribution in [1.82, 2.24) is 15.5 Å². The first-order valence-electron chi connectivity index (χ1n) is 7.29. The molecule has 0 saturated heterocycles. The molecule has 2 aromatic rings. The number of halogens is 1. The summed E-state index contributed by atoms with van der Waals surface area (Å²) in [4.78, 5) is 16.2. The number of rotatable bonds is 6. The fourth-order valence-electron chi connectivity index (χ4n) is 1.82. The molecule has 0 aliphatic rings. The van der Waals surface area contributed by atoms with Crippen molar-refractivity contribution in [2.75, 3.05) is 0 Å². The van der Waals surface area contributed by atoms with Crippen LogP contribution in [0.2, 0.25) is 5.02 Å². The van der Waals surface area contributed by atoms with Crippen molar-refractivity contribution in [2.45, 2.75) is 45.6 Å². The van der Waals surface area contributed by atoms with E-state index in [1.54, 1.807) is 12.1 Å². The fraction of sp³-hybridized carbons (Fsp3) is 0.438. The zero-order valence-corrected chi connectivity index (χ0v) is 13.8. The minimum absolute atomic E-state index is 0.0157. The number of aryl methyl sites for hydroxylation is 1. The molecule has 1 aromatic heterocycles. The number of nitrogens with one attached hydrogen (secondary N) is 1. The molecule has 0 atom stereocenters. The van der Waals surface area contributed by atoms with E-state index in [2.05, 4.69) is 15.5 Å². The maximum Gasteiger partial charge on any atom is 0.227 e. The number of carbonyl (C=O) groups excluding carboxylic acids is 1. The third kappa shape index (κ3) is 4.56. The van der Waals surface area contributed by atoms with E-state index >= 15 is 0 Å². The predicted molar refractivity (Wildman–Crippen MR) is 85.6 cm³/mol. The van der Waals surface area contributed by atoms with Crippen molar-refractivity contribution in [3.05, 3.63) is 35.2 Å². The summed E-state index contributed by atoms with van der Waals surface area (Å²) in [5, 5.41) is 7.56. The van der Waals surface area contributed by atoms with Crippen LogP contribution >= 0.6 is 11.6 Å². The molecule has 0 saturated carbocycles.